The first kappa shape index (κ1) is 34.6. The average Bonchev–Trinajstić information content (AvgIpc) is 3.69. The van der Waals surface area contributed by atoms with Gasteiger partial charge in [0.05, 0.1) is 30.6 Å². The van der Waals surface area contributed by atoms with Gasteiger partial charge in [-0.15, -0.1) is 0 Å². The molecule has 1 saturated carbocycles. The normalized spacial score (nSPS) is 19.6. The van der Waals surface area contributed by atoms with Crippen LogP contribution in [0.15, 0.2) is 47.4 Å². The van der Waals surface area contributed by atoms with Crippen molar-refractivity contribution < 1.29 is 37.1 Å². The van der Waals surface area contributed by atoms with Crippen molar-refractivity contribution in [2.45, 2.75) is 82.0 Å². The van der Waals surface area contributed by atoms with Crippen LogP contribution < -0.4 is 14.2 Å². The molecular formula is C32H45N3O9S. The van der Waals surface area contributed by atoms with Crippen LogP contribution in [0.3, 0.4) is 0 Å². The van der Waals surface area contributed by atoms with Gasteiger partial charge in [0.25, 0.3) is 5.69 Å². The van der Waals surface area contributed by atoms with Gasteiger partial charge in [-0.3, -0.25) is 19.8 Å². The summed E-state index contributed by atoms with van der Waals surface area (Å²) in [4.78, 5) is 25.6. The molecule has 2 aliphatic rings. The summed E-state index contributed by atoms with van der Waals surface area (Å²) >= 11 is 0. The Morgan fingerprint density at radius 2 is 1.82 bits per heavy atom. The minimum Gasteiger partial charge on any atom is -0.493 e. The van der Waals surface area contributed by atoms with E-state index in [-0.39, 0.29) is 30.4 Å². The number of rotatable bonds is 17. The molecule has 1 aliphatic heterocycles. The Morgan fingerprint density at radius 3 is 2.47 bits per heavy atom. The maximum Gasteiger partial charge on any atom is 0.309 e. The van der Waals surface area contributed by atoms with Gasteiger partial charge in [-0.05, 0) is 48.9 Å². The fourth-order valence-corrected chi connectivity index (χ4v) is 7.60. The topological polar surface area (TPSA) is 147 Å². The molecule has 13 heteroatoms. The summed E-state index contributed by atoms with van der Waals surface area (Å²) in [6.45, 7) is 5.63. The largest absolute Gasteiger partial charge is 0.493 e. The quantitative estimate of drug-likeness (QED) is 0.111. The maximum atomic E-state index is 13.7. The summed E-state index contributed by atoms with van der Waals surface area (Å²) in [6, 6.07) is 10.3. The Kier molecular flexibility index (Phi) is 12.2. The first-order valence-electron chi connectivity index (χ1n) is 15.5. The van der Waals surface area contributed by atoms with Crippen LogP contribution in [-0.4, -0.2) is 76.4 Å². The Labute approximate surface area is 265 Å². The second kappa shape index (κ2) is 15.8. The predicted molar refractivity (Wildman–Crippen MR) is 168 cm³/mol. The molecular weight excluding hydrogens is 602 g/mol. The highest BCUT2D eigenvalue weighted by Crippen LogP contribution is 2.34. The minimum atomic E-state index is -4.36. The number of carbonyl (C=O) groups excluding carboxylic acids is 1. The molecule has 4 rings (SSSR count). The molecule has 248 valence electrons. The number of para-hydroxylation sites is 1. The molecule has 0 amide bonds. The maximum absolute atomic E-state index is 13.7. The second-order valence-corrected chi connectivity index (χ2v) is 13.7. The molecule has 0 bridgehead atoms. The highest BCUT2D eigenvalue weighted by Gasteiger charge is 2.43. The van der Waals surface area contributed by atoms with Crippen LogP contribution in [0.1, 0.15) is 57.9 Å². The zero-order valence-electron chi connectivity index (χ0n) is 26.5. The van der Waals surface area contributed by atoms with E-state index in [2.05, 4.69) is 9.62 Å². The summed E-state index contributed by atoms with van der Waals surface area (Å²) < 4.78 is 52.6. The van der Waals surface area contributed by atoms with Crippen molar-refractivity contribution in [1.29, 1.82) is 0 Å². The van der Waals surface area contributed by atoms with E-state index in [1.807, 2.05) is 32.0 Å². The lowest BCUT2D eigenvalue weighted by Gasteiger charge is -2.34. The van der Waals surface area contributed by atoms with E-state index in [4.69, 9.17) is 18.9 Å². The van der Waals surface area contributed by atoms with Crippen LogP contribution in [0.25, 0.3) is 0 Å². The Bertz CT molecular complexity index is 1410. The summed E-state index contributed by atoms with van der Waals surface area (Å²) in [7, 11) is -1.13. The van der Waals surface area contributed by atoms with Gasteiger partial charge < -0.3 is 18.9 Å². The number of esters is 1. The lowest BCUT2D eigenvalue weighted by molar-refractivity contribution is -0.387. The lowest BCUT2D eigenvalue weighted by Crippen LogP contribution is -2.52. The second-order valence-electron chi connectivity index (χ2n) is 12.1. The number of benzene rings is 2. The van der Waals surface area contributed by atoms with Crippen LogP contribution in [0.5, 0.6) is 11.5 Å². The Hall–Kier alpha value is -3.26. The van der Waals surface area contributed by atoms with Gasteiger partial charge in [0, 0.05) is 45.3 Å². The first-order valence-corrected chi connectivity index (χ1v) is 17.0. The minimum absolute atomic E-state index is 0.0162. The van der Waals surface area contributed by atoms with Crippen LogP contribution >= 0.6 is 0 Å². The van der Waals surface area contributed by atoms with E-state index in [1.165, 1.54) is 18.2 Å². The highest BCUT2D eigenvalue weighted by atomic mass is 32.2. The van der Waals surface area contributed by atoms with Crippen molar-refractivity contribution in [2.24, 2.45) is 11.8 Å². The molecule has 45 heavy (non-hydrogen) atoms. The van der Waals surface area contributed by atoms with Crippen LogP contribution in [0, 0.1) is 22.0 Å². The van der Waals surface area contributed by atoms with Gasteiger partial charge >= 0.3 is 5.97 Å². The number of ether oxygens (including phenoxy) is 4. The van der Waals surface area contributed by atoms with Crippen molar-refractivity contribution >= 4 is 21.7 Å². The molecule has 1 heterocycles. The summed E-state index contributed by atoms with van der Waals surface area (Å²) in [5.74, 6) is 0.504. The fraction of sp³-hybridized carbons (Fsp3) is 0.594. The Balaban J connectivity index is 1.65. The summed E-state index contributed by atoms with van der Waals surface area (Å²) in [5, 5.41) is 11.7. The molecule has 2 aromatic carbocycles. The molecule has 0 aromatic heterocycles. The molecule has 1 N–H and O–H groups in total. The number of hydrogen-bond acceptors (Lipinski definition) is 10. The molecule has 2 aromatic rings. The number of nitrogens with one attached hydrogen (secondary N) is 1. The molecule has 1 aliphatic carbocycles. The lowest BCUT2D eigenvalue weighted by atomic mass is 9.91. The van der Waals surface area contributed by atoms with Gasteiger partial charge in [-0.1, -0.05) is 44.9 Å². The number of carbonyl (C=O) groups is 1. The van der Waals surface area contributed by atoms with Gasteiger partial charge in [-0.25, -0.2) is 13.1 Å². The third-order valence-corrected chi connectivity index (χ3v) is 10.1. The van der Waals surface area contributed by atoms with E-state index in [1.54, 1.807) is 14.2 Å². The third-order valence-electron chi connectivity index (χ3n) is 8.60. The zero-order chi connectivity index (χ0) is 32.6. The van der Waals surface area contributed by atoms with Gasteiger partial charge in [0.2, 0.25) is 10.0 Å². The van der Waals surface area contributed by atoms with Crippen molar-refractivity contribution in [3.63, 3.8) is 0 Å². The van der Waals surface area contributed by atoms with E-state index in [0.717, 1.165) is 43.7 Å². The van der Waals surface area contributed by atoms with Crippen molar-refractivity contribution in [3.8, 4) is 11.5 Å². The predicted octanol–water partition coefficient (Wildman–Crippen LogP) is 4.70. The van der Waals surface area contributed by atoms with E-state index in [0.29, 0.717) is 37.7 Å². The molecule has 0 spiro atoms. The van der Waals surface area contributed by atoms with E-state index >= 15 is 0 Å². The van der Waals surface area contributed by atoms with Crippen molar-refractivity contribution in [3.05, 3.63) is 58.1 Å². The first-order chi connectivity index (χ1) is 21.5. The van der Waals surface area contributed by atoms with Crippen LogP contribution in [0.2, 0.25) is 0 Å². The number of nitrogens with zero attached hydrogens (tertiary/aromatic N) is 2. The monoisotopic (exact) mass is 647 g/mol. The molecule has 1 unspecified atom stereocenters. The number of nitro groups is 1. The van der Waals surface area contributed by atoms with Crippen LogP contribution in [-0.2, 0) is 30.8 Å². The molecule has 0 radical (unpaired) electrons. The average molecular weight is 648 g/mol. The smallest absolute Gasteiger partial charge is 0.309 e. The fourth-order valence-electron chi connectivity index (χ4n) is 6.17. The highest BCUT2D eigenvalue weighted by molar-refractivity contribution is 7.89. The van der Waals surface area contributed by atoms with Gasteiger partial charge in [0.15, 0.2) is 16.4 Å². The van der Waals surface area contributed by atoms with Crippen molar-refractivity contribution in [1.82, 2.24) is 9.62 Å². The van der Waals surface area contributed by atoms with E-state index in [9.17, 15) is 23.3 Å². The SMILES string of the molecule is COCCCOc1cc(CN(CC(NS(=O)(=O)c2ccccc2[N+](=O)[O-])[C@@H]2C[C@@H](C(C)C)C(=O)O2)C2CCCC2)ccc1OC. The number of sulfonamides is 1. The third kappa shape index (κ3) is 8.93. The van der Waals surface area contributed by atoms with Crippen molar-refractivity contribution in [2.75, 3.05) is 34.0 Å². The summed E-state index contributed by atoms with van der Waals surface area (Å²) in [5.41, 5.74) is 0.435. The Morgan fingerprint density at radius 1 is 1.09 bits per heavy atom. The zero-order valence-corrected chi connectivity index (χ0v) is 27.3. The number of nitro benzene ring substituents is 1. The standard InChI is InChI=1S/C32H45N3O9S/c1-22(2)25-19-29(44-32(25)36)26(33-45(39,40)31-13-8-7-12-27(31)35(37)38)21-34(24-10-5-6-11-24)20-23-14-15-28(42-4)30(18-23)43-17-9-16-41-3/h7-8,12-15,18,22,24-26,29,33H,5-6,9-11,16-17,19-21H2,1-4H3/t25-,26?,29-/m0/s1. The molecule has 2 fully saturated rings. The van der Waals surface area contributed by atoms with Crippen LogP contribution in [0.4, 0.5) is 5.69 Å². The molecule has 3 atom stereocenters. The number of methoxy groups -OCH3 is 2. The number of cyclic esters (lactones) is 1. The van der Waals surface area contributed by atoms with Gasteiger partial charge in [-0.2, -0.15) is 0 Å². The van der Waals surface area contributed by atoms with Gasteiger partial charge in [0.1, 0.15) is 6.10 Å². The van der Waals surface area contributed by atoms with E-state index < -0.39 is 37.7 Å². The summed E-state index contributed by atoms with van der Waals surface area (Å²) in [6.07, 6.45) is 4.33. The molecule has 1 saturated heterocycles. The number of hydrogen-bond donors (Lipinski definition) is 1. The molecule has 12 nitrogen and oxygen atoms in total.